The number of aromatic nitrogens is 1. The van der Waals surface area contributed by atoms with Gasteiger partial charge in [-0.3, -0.25) is 0 Å². The van der Waals surface area contributed by atoms with Gasteiger partial charge >= 0.3 is 0 Å². The highest BCUT2D eigenvalue weighted by Gasteiger charge is 2.09. The molecule has 3 heteroatoms. The molecule has 0 unspecified atom stereocenters. The number of hydrogen-bond acceptors (Lipinski definition) is 1. The molecule has 0 aliphatic rings. The van der Waals surface area contributed by atoms with Crippen molar-refractivity contribution in [1.29, 1.82) is 0 Å². The van der Waals surface area contributed by atoms with Crippen LogP contribution < -0.4 is 0 Å². The zero-order valence-corrected chi connectivity index (χ0v) is 7.83. The Morgan fingerprint density at radius 3 is 3.00 bits per heavy atom. The number of rotatable bonds is 2. The van der Waals surface area contributed by atoms with Gasteiger partial charge in [-0.2, -0.15) is 0 Å². The van der Waals surface area contributed by atoms with E-state index in [9.17, 15) is 9.18 Å². The van der Waals surface area contributed by atoms with E-state index in [1.165, 1.54) is 6.07 Å². The third-order valence-electron chi connectivity index (χ3n) is 2.35. The molecule has 2 nitrogen and oxygen atoms in total. The molecule has 2 aromatic rings. The largest absolute Gasteiger partial charge is 0.350 e. The number of carbonyl (C=O) groups is 1. The second-order valence-electron chi connectivity index (χ2n) is 3.27. The Balaban J connectivity index is 2.78. The van der Waals surface area contributed by atoms with Crippen LogP contribution in [0.25, 0.3) is 10.9 Å². The van der Waals surface area contributed by atoms with Crippen LogP contribution in [0, 0.1) is 5.82 Å². The minimum Gasteiger partial charge on any atom is -0.350 e. The Kier molecular flexibility index (Phi) is 2.08. The van der Waals surface area contributed by atoms with E-state index in [2.05, 4.69) is 0 Å². The van der Waals surface area contributed by atoms with Crippen LogP contribution in [0.5, 0.6) is 0 Å². The summed E-state index contributed by atoms with van der Waals surface area (Å²) in [5, 5.41) is 0.558. The van der Waals surface area contributed by atoms with Crippen LogP contribution in [0.1, 0.15) is 5.56 Å². The zero-order valence-electron chi connectivity index (χ0n) is 7.83. The first-order valence-electron chi connectivity index (χ1n) is 4.40. The van der Waals surface area contributed by atoms with Crippen molar-refractivity contribution in [3.63, 3.8) is 0 Å². The SMILES string of the molecule is Cn1cc(CC=O)c2c(F)cccc21. The maximum atomic E-state index is 13.5. The van der Waals surface area contributed by atoms with Crippen molar-refractivity contribution in [3.8, 4) is 0 Å². The van der Waals surface area contributed by atoms with E-state index in [0.717, 1.165) is 17.4 Å². The number of hydrogen-bond donors (Lipinski definition) is 0. The molecule has 0 fully saturated rings. The van der Waals surface area contributed by atoms with E-state index in [-0.39, 0.29) is 12.2 Å². The zero-order chi connectivity index (χ0) is 10.1. The van der Waals surface area contributed by atoms with Gasteiger partial charge < -0.3 is 9.36 Å². The first kappa shape index (κ1) is 8.94. The van der Waals surface area contributed by atoms with Gasteiger partial charge in [-0.15, -0.1) is 0 Å². The van der Waals surface area contributed by atoms with Crippen LogP contribution in [-0.2, 0) is 18.3 Å². The number of halogens is 1. The quantitative estimate of drug-likeness (QED) is 0.666. The van der Waals surface area contributed by atoms with E-state index in [1.54, 1.807) is 12.3 Å². The summed E-state index contributed by atoms with van der Waals surface area (Å²) in [6.07, 6.45) is 2.85. The van der Waals surface area contributed by atoms with Crippen LogP contribution in [-0.4, -0.2) is 10.9 Å². The molecular formula is C11H10FNO. The predicted octanol–water partition coefficient (Wildman–Crippen LogP) is 2.06. The summed E-state index contributed by atoms with van der Waals surface area (Å²) in [6, 6.07) is 4.92. The molecule has 0 saturated carbocycles. The number of aryl methyl sites for hydroxylation is 1. The molecule has 0 aliphatic heterocycles. The summed E-state index contributed by atoms with van der Waals surface area (Å²) in [5.74, 6) is -0.264. The second-order valence-corrected chi connectivity index (χ2v) is 3.27. The van der Waals surface area contributed by atoms with Gasteiger partial charge in [0.15, 0.2) is 0 Å². The molecule has 0 radical (unpaired) electrons. The Hall–Kier alpha value is -1.64. The molecule has 0 spiro atoms. The van der Waals surface area contributed by atoms with Gasteiger partial charge in [-0.25, -0.2) is 4.39 Å². The minimum atomic E-state index is -0.264. The number of fused-ring (bicyclic) bond motifs is 1. The normalized spacial score (nSPS) is 10.7. The van der Waals surface area contributed by atoms with Crippen molar-refractivity contribution in [1.82, 2.24) is 4.57 Å². The maximum Gasteiger partial charge on any atom is 0.132 e. The molecule has 72 valence electrons. The predicted molar refractivity (Wildman–Crippen MR) is 52.6 cm³/mol. The molecule has 1 heterocycles. The number of benzene rings is 1. The fourth-order valence-electron chi connectivity index (χ4n) is 1.74. The fraction of sp³-hybridized carbons (Fsp3) is 0.182. The summed E-state index contributed by atoms with van der Waals surface area (Å²) in [4.78, 5) is 10.4. The van der Waals surface area contributed by atoms with E-state index in [0.29, 0.717) is 5.39 Å². The molecular weight excluding hydrogens is 181 g/mol. The van der Waals surface area contributed by atoms with Crippen molar-refractivity contribution in [2.75, 3.05) is 0 Å². The summed E-state index contributed by atoms with van der Waals surface area (Å²) in [7, 11) is 1.84. The lowest BCUT2D eigenvalue weighted by Gasteiger charge is -1.96. The smallest absolute Gasteiger partial charge is 0.132 e. The van der Waals surface area contributed by atoms with Crippen molar-refractivity contribution < 1.29 is 9.18 Å². The van der Waals surface area contributed by atoms with Gasteiger partial charge in [0.1, 0.15) is 12.1 Å². The third kappa shape index (κ3) is 1.21. The Labute approximate surface area is 81.0 Å². The van der Waals surface area contributed by atoms with Crippen molar-refractivity contribution in [2.24, 2.45) is 7.05 Å². The molecule has 0 amide bonds. The van der Waals surface area contributed by atoms with E-state index in [1.807, 2.05) is 17.7 Å². The summed E-state index contributed by atoms with van der Waals surface area (Å²) in [5.41, 5.74) is 1.57. The van der Waals surface area contributed by atoms with Crippen LogP contribution in [0.4, 0.5) is 4.39 Å². The monoisotopic (exact) mass is 191 g/mol. The lowest BCUT2D eigenvalue weighted by Crippen LogP contribution is -1.85. The Morgan fingerprint density at radius 2 is 2.29 bits per heavy atom. The topological polar surface area (TPSA) is 22.0 Å². The summed E-state index contributed by atoms with van der Waals surface area (Å²) >= 11 is 0. The summed E-state index contributed by atoms with van der Waals surface area (Å²) < 4.78 is 15.3. The average molecular weight is 191 g/mol. The van der Waals surface area contributed by atoms with Crippen molar-refractivity contribution in [2.45, 2.75) is 6.42 Å². The molecule has 0 saturated heterocycles. The molecule has 0 aliphatic carbocycles. The lowest BCUT2D eigenvalue weighted by atomic mass is 10.1. The maximum absolute atomic E-state index is 13.5. The number of aldehydes is 1. The van der Waals surface area contributed by atoms with E-state index >= 15 is 0 Å². The molecule has 14 heavy (non-hydrogen) atoms. The highest BCUT2D eigenvalue weighted by Crippen LogP contribution is 2.23. The van der Waals surface area contributed by atoms with Gasteiger partial charge in [0, 0.05) is 25.1 Å². The van der Waals surface area contributed by atoms with Crippen molar-refractivity contribution in [3.05, 3.63) is 35.8 Å². The van der Waals surface area contributed by atoms with E-state index < -0.39 is 0 Å². The van der Waals surface area contributed by atoms with Crippen LogP contribution in [0.2, 0.25) is 0 Å². The number of nitrogens with zero attached hydrogens (tertiary/aromatic N) is 1. The van der Waals surface area contributed by atoms with Crippen LogP contribution in [0.15, 0.2) is 24.4 Å². The second kappa shape index (κ2) is 3.25. The molecule has 1 aromatic heterocycles. The Bertz CT molecular complexity index is 487. The number of carbonyl (C=O) groups excluding carboxylic acids is 1. The molecule has 2 rings (SSSR count). The molecule has 0 N–H and O–H groups in total. The first-order chi connectivity index (χ1) is 6.74. The minimum absolute atomic E-state index is 0.262. The van der Waals surface area contributed by atoms with Crippen LogP contribution in [0.3, 0.4) is 0 Å². The van der Waals surface area contributed by atoms with Crippen molar-refractivity contribution >= 4 is 17.2 Å². The standard InChI is InChI=1S/C11H10FNO/c1-13-7-8(5-6-14)11-9(12)3-2-4-10(11)13/h2-4,6-7H,5H2,1H3. The molecule has 0 atom stereocenters. The lowest BCUT2D eigenvalue weighted by molar-refractivity contribution is -0.107. The highest BCUT2D eigenvalue weighted by molar-refractivity contribution is 5.86. The first-order valence-corrected chi connectivity index (χ1v) is 4.40. The average Bonchev–Trinajstić information content (AvgIpc) is 2.46. The third-order valence-corrected chi connectivity index (χ3v) is 2.35. The summed E-state index contributed by atoms with van der Waals surface area (Å²) in [6.45, 7) is 0. The van der Waals surface area contributed by atoms with E-state index in [4.69, 9.17) is 0 Å². The van der Waals surface area contributed by atoms with Gasteiger partial charge in [0.2, 0.25) is 0 Å². The van der Waals surface area contributed by atoms with Gasteiger partial charge in [0.25, 0.3) is 0 Å². The van der Waals surface area contributed by atoms with Crippen LogP contribution >= 0.6 is 0 Å². The molecule has 0 bridgehead atoms. The van der Waals surface area contributed by atoms with Gasteiger partial charge in [-0.05, 0) is 17.7 Å². The fourth-order valence-corrected chi connectivity index (χ4v) is 1.74. The molecule has 1 aromatic carbocycles. The van der Waals surface area contributed by atoms with Gasteiger partial charge in [-0.1, -0.05) is 6.07 Å². The van der Waals surface area contributed by atoms with Gasteiger partial charge in [0.05, 0.1) is 5.52 Å². The Morgan fingerprint density at radius 1 is 1.50 bits per heavy atom. The highest BCUT2D eigenvalue weighted by atomic mass is 19.1.